The SMILES string of the molecule is CO[C@H]1O[C@H](COS(=O)(=O)[O-])[C@@H](O[C@@H]2O[C@@H](C(=O)[O-])[C@@H](O[C@H]3C[C@H](COS(=O)(=O)[O-])[C@@H](O[C@@H]4O[C@H](C(=O)[O-])[C@@H](O[C@H]5O[C@H](COS(=O)(=O)[O-])[C@@H](O)[C@H](O)[C@H]5NS(=O)(=O)[O-])[C@H](O)[C@H]4O)[C@H](OS(=O)(=O)[O-])[C@H]3NS(=O)(=O)[O-])[C@H](C)[C@H]2OS(=O)(=O)[O-])[C@H](O)[C@H]1NS(=O)(=O)[O-].[Na+].[Na+].[Na+].[Na+].[Na+].[Na+].[Na+].[Na+].[Na+].[Na+]. The van der Waals surface area contributed by atoms with E-state index in [1.165, 1.54) is 4.72 Å². The summed E-state index contributed by atoms with van der Waals surface area (Å²) in [4.78, 5) is 25.7. The fraction of sp³-hybridized carbons (Fsp3) is 0.939. The van der Waals surface area contributed by atoms with Gasteiger partial charge in [0.1, 0.15) is 91.4 Å². The minimum absolute atomic E-state index is 0. The normalized spacial score (nSPS) is 34.8. The summed E-state index contributed by atoms with van der Waals surface area (Å²) in [6, 6.07) is -8.15. The Kier molecular flexibility index (Phi) is 57.9. The number of aliphatic hydroxyl groups excluding tert-OH is 5. The molecule has 5 aliphatic rings. The van der Waals surface area contributed by atoms with E-state index in [2.05, 4.69) is 20.9 Å². The first-order valence-electron chi connectivity index (χ1n) is 24.0. The van der Waals surface area contributed by atoms with E-state index in [4.69, 9.17) is 42.6 Å². The molecule has 25 atom stereocenters. The van der Waals surface area contributed by atoms with Crippen LogP contribution >= 0.6 is 0 Å². The number of hydrogen-bond acceptors (Lipinski definition) is 47. The molecule has 0 radical (unpaired) electrons. The third-order valence-electron chi connectivity index (χ3n) is 13.3. The number of aliphatic carboxylic acids is 2. The molecule has 0 unspecified atom stereocenters. The summed E-state index contributed by atoms with van der Waals surface area (Å²) < 4.78 is 358. The second-order valence-electron chi connectivity index (χ2n) is 19.4. The third kappa shape index (κ3) is 38.3. The minimum atomic E-state index is -6.58. The molecule has 534 valence electrons. The summed E-state index contributed by atoms with van der Waals surface area (Å²) in [5.74, 6) is -10.1. The zero-order valence-electron chi connectivity index (χ0n) is 54.4. The van der Waals surface area contributed by atoms with Gasteiger partial charge in [-0.3, -0.25) is 20.9 Å². The maximum absolute atomic E-state index is 13.0. The molecular formula is C33H47N3Na10O47S8. The Morgan fingerprint density at radius 3 is 1.20 bits per heavy atom. The summed E-state index contributed by atoms with van der Waals surface area (Å²) in [6.07, 6.45) is -57.8. The third-order valence-corrected chi connectivity index (χ3v) is 17.1. The largest absolute Gasteiger partial charge is 1.00 e. The Morgan fingerprint density at radius 2 is 0.772 bits per heavy atom. The number of rotatable bonds is 30. The van der Waals surface area contributed by atoms with Gasteiger partial charge in [0.25, 0.3) is 0 Å². The fourth-order valence-corrected chi connectivity index (χ4v) is 13.5. The molecule has 50 nitrogen and oxygen atoms in total. The van der Waals surface area contributed by atoms with Gasteiger partial charge < -0.3 is 124 Å². The smallest absolute Gasteiger partial charge is 0.735 e. The molecule has 1 saturated carbocycles. The van der Waals surface area contributed by atoms with Crippen molar-refractivity contribution in [3.8, 4) is 0 Å². The van der Waals surface area contributed by atoms with Gasteiger partial charge in [-0.2, -0.15) is 0 Å². The monoisotopic (exact) mass is 1720 g/mol. The van der Waals surface area contributed by atoms with Crippen LogP contribution in [-0.2, 0) is 156 Å². The molecule has 4 heterocycles. The molecule has 0 aromatic carbocycles. The predicted octanol–water partition coefficient (Wildman–Crippen LogP) is -47.2. The number of carboxylic acid groups (broad SMARTS) is 2. The summed E-state index contributed by atoms with van der Waals surface area (Å²) in [7, 11) is -47.6. The van der Waals surface area contributed by atoms with Crippen molar-refractivity contribution in [3.05, 3.63) is 0 Å². The average molecular weight is 1720 g/mol. The summed E-state index contributed by atoms with van der Waals surface area (Å²) in [5, 5.41) is 80.9. The first kappa shape index (κ1) is 119. The molecule has 0 bridgehead atoms. The molecule has 0 aromatic rings. The number of aliphatic hydroxyl groups is 5. The van der Waals surface area contributed by atoms with Gasteiger partial charge in [-0.25, -0.2) is 81.5 Å². The van der Waals surface area contributed by atoms with E-state index in [0.717, 1.165) is 16.6 Å². The van der Waals surface area contributed by atoms with Crippen LogP contribution in [0.1, 0.15) is 13.3 Å². The van der Waals surface area contributed by atoms with Gasteiger partial charge in [-0.05, 0) is 6.42 Å². The first-order chi connectivity index (χ1) is 41.2. The van der Waals surface area contributed by atoms with Gasteiger partial charge in [-0.15, -0.1) is 0 Å². The molecule has 4 saturated heterocycles. The summed E-state index contributed by atoms with van der Waals surface area (Å²) in [6.45, 7) is -4.45. The fourth-order valence-electron chi connectivity index (χ4n) is 9.71. The van der Waals surface area contributed by atoms with E-state index in [0.29, 0.717) is 6.92 Å². The number of carbonyl (C=O) groups is 2. The van der Waals surface area contributed by atoms with Crippen LogP contribution < -0.4 is 320 Å². The van der Waals surface area contributed by atoms with Crippen molar-refractivity contribution < 1.29 is 508 Å². The molecule has 5 rings (SSSR count). The zero-order chi connectivity index (χ0) is 69.4. The predicted molar refractivity (Wildman–Crippen MR) is 248 cm³/mol. The standard InChI is InChI=1S/C33H57N3O47S8.10Na/c1-7-20(26(28(42)43)81-33(21(7)82-90(64,65)66)78-23-11(6-73-89(61,62)63)76-30(70-2)14(17(23)39)36-86(52,53)54)74-9-3-8(4-71-87(55,56)57)22(24(83-91(67,68)69)12(9)34-84(46,47)48)77-32-19(41)18(40)25(27(80-32)29(44)45)79-31-13(35-85(49,50)51)16(38)15(37)10(75-31)5-72-88(58,59)60;;;;;;;;;;/h7-27,30-41H,3-6H2,1-2H3,(H,42,43)(H,44,45)(H,46,47,48)(H,49,50,51)(H,52,53,54)(H,55,56,57)(H,58,59,60)(H,61,62,63)(H,64,65,66)(H,67,68,69);;;;;;;;;;/q;10*+1/p-10/t7-,8+,9-,10+,11+,12-,13+,14+,15+,16+,17+,18+,19+,20-,21+,22+,23+,24+,25-,26+,27-,30-,31+,32+,33+;;;;;;;;;;/m0........../s1. The number of methoxy groups -OCH3 is 1. The van der Waals surface area contributed by atoms with E-state index >= 15 is 0 Å². The Morgan fingerprint density at radius 1 is 0.396 bits per heavy atom. The number of nitrogens with one attached hydrogen (secondary N) is 3. The number of ether oxygens (including phenoxy) is 9. The van der Waals surface area contributed by atoms with Crippen LogP contribution in [0.2, 0.25) is 0 Å². The van der Waals surface area contributed by atoms with Gasteiger partial charge in [-0.1, -0.05) is 6.92 Å². The topological polar surface area (TPSA) is 804 Å². The van der Waals surface area contributed by atoms with Crippen LogP contribution in [0.5, 0.6) is 0 Å². The van der Waals surface area contributed by atoms with Gasteiger partial charge in [0, 0.05) is 18.9 Å². The molecule has 5 fully saturated rings. The Bertz CT molecular complexity index is 3530. The summed E-state index contributed by atoms with van der Waals surface area (Å²) >= 11 is 0. The number of hydrogen-bond donors (Lipinski definition) is 8. The first-order valence-corrected chi connectivity index (χ1v) is 34.9. The van der Waals surface area contributed by atoms with Crippen molar-refractivity contribution in [2.45, 2.75) is 154 Å². The molecule has 0 spiro atoms. The van der Waals surface area contributed by atoms with E-state index in [1.54, 1.807) is 0 Å². The van der Waals surface area contributed by atoms with Crippen LogP contribution in [0.4, 0.5) is 0 Å². The van der Waals surface area contributed by atoms with Crippen molar-refractivity contribution >= 4 is 94.8 Å². The Balaban J connectivity index is -0.00000226. The Hall–Kier alpha value is 7.34. The van der Waals surface area contributed by atoms with Gasteiger partial charge in [0.15, 0.2) is 56.1 Å². The second kappa shape index (κ2) is 49.0. The quantitative estimate of drug-likeness (QED) is 0.0188. The number of carboxylic acids is 2. The van der Waals surface area contributed by atoms with Crippen LogP contribution in [0.3, 0.4) is 0 Å². The van der Waals surface area contributed by atoms with E-state index in [9.17, 15) is 149 Å². The molecule has 101 heavy (non-hydrogen) atoms. The Labute approximate surface area is 796 Å². The molecule has 1 aliphatic carbocycles. The molecule has 0 amide bonds. The maximum Gasteiger partial charge on any atom is 1.00 e. The zero-order valence-corrected chi connectivity index (χ0v) is 80.9. The van der Waals surface area contributed by atoms with E-state index in [-0.39, 0.29) is 296 Å². The molecule has 8 N–H and O–H groups in total. The van der Waals surface area contributed by atoms with Crippen molar-refractivity contribution in [1.29, 1.82) is 0 Å². The second-order valence-corrected chi connectivity index (χ2v) is 28.0. The van der Waals surface area contributed by atoms with Crippen molar-refractivity contribution in [1.82, 2.24) is 14.2 Å². The van der Waals surface area contributed by atoms with Crippen LogP contribution in [0.15, 0.2) is 0 Å². The van der Waals surface area contributed by atoms with Crippen LogP contribution in [0, 0.1) is 11.8 Å². The summed E-state index contributed by atoms with van der Waals surface area (Å²) in [5.41, 5.74) is 0. The average Bonchev–Trinajstić information content (AvgIpc) is 0.764. The van der Waals surface area contributed by atoms with Crippen LogP contribution in [-0.4, -0.2) is 309 Å². The van der Waals surface area contributed by atoms with Crippen molar-refractivity contribution in [3.63, 3.8) is 0 Å². The van der Waals surface area contributed by atoms with Gasteiger partial charge in [0.2, 0.25) is 52.0 Å². The minimum Gasteiger partial charge on any atom is -0.735 e. The van der Waals surface area contributed by atoms with Crippen molar-refractivity contribution in [2.75, 3.05) is 26.9 Å². The van der Waals surface area contributed by atoms with Crippen molar-refractivity contribution in [2.24, 2.45) is 11.8 Å². The number of carbonyl (C=O) groups excluding carboxylic acids is 2. The molecule has 4 aliphatic heterocycles. The van der Waals surface area contributed by atoms with E-state index in [1.807, 2.05) is 0 Å². The molecular weight excluding hydrogens is 1680 g/mol. The maximum atomic E-state index is 13.0. The van der Waals surface area contributed by atoms with Gasteiger partial charge in [0.05, 0.1) is 56.1 Å². The van der Waals surface area contributed by atoms with E-state index < -0.39 is 274 Å². The molecule has 68 heteroatoms. The molecule has 0 aromatic heterocycles. The van der Waals surface area contributed by atoms with Crippen LogP contribution in [0.25, 0.3) is 0 Å². The van der Waals surface area contributed by atoms with Gasteiger partial charge >= 0.3 is 296 Å².